The Balaban J connectivity index is 2.25. The van der Waals surface area contributed by atoms with Crippen LogP contribution in [0, 0.1) is 0 Å². The van der Waals surface area contributed by atoms with Crippen LogP contribution in [-0.4, -0.2) is 58.1 Å². The summed E-state index contributed by atoms with van der Waals surface area (Å²) >= 11 is 0. The summed E-state index contributed by atoms with van der Waals surface area (Å²) in [5.41, 5.74) is -1.48. The molecule has 0 radical (unpaired) electrons. The number of nitrogens with zero attached hydrogens (tertiary/aromatic N) is 2. The second-order valence-corrected chi connectivity index (χ2v) is 7.70. The summed E-state index contributed by atoms with van der Waals surface area (Å²) in [6, 6.07) is -0.865. The van der Waals surface area contributed by atoms with Crippen LogP contribution in [0.25, 0.3) is 0 Å². The van der Waals surface area contributed by atoms with Gasteiger partial charge >= 0.3 is 18.2 Å². The van der Waals surface area contributed by atoms with Crippen LogP contribution in [0.2, 0.25) is 0 Å². The fraction of sp³-hybridized carbons (Fsp3) is 0.800. The Hall–Kier alpha value is -1.99. The Kier molecular flexibility index (Phi) is 4.21. The molecular weight excluding hydrogens is 304 g/mol. The van der Waals surface area contributed by atoms with Crippen LogP contribution in [0.15, 0.2) is 0 Å². The Morgan fingerprint density at radius 3 is 2.09 bits per heavy atom. The number of rotatable bonds is 0. The zero-order chi connectivity index (χ0) is 17.6. The molecule has 0 aromatic carbocycles. The molecule has 8 nitrogen and oxygen atoms in total. The molecule has 23 heavy (non-hydrogen) atoms. The minimum absolute atomic E-state index is 0.0659. The second kappa shape index (κ2) is 5.58. The van der Waals surface area contributed by atoms with E-state index >= 15 is 0 Å². The molecule has 130 valence electrons. The van der Waals surface area contributed by atoms with E-state index in [1.54, 1.807) is 41.5 Å². The van der Waals surface area contributed by atoms with Gasteiger partial charge in [0.25, 0.3) is 0 Å². The van der Waals surface area contributed by atoms with E-state index in [2.05, 4.69) is 0 Å². The highest BCUT2D eigenvalue weighted by Crippen LogP contribution is 2.31. The van der Waals surface area contributed by atoms with Gasteiger partial charge in [-0.25, -0.2) is 19.4 Å². The number of amides is 2. The molecule has 2 amide bonds. The molecule has 2 saturated heterocycles. The molecule has 2 bridgehead atoms. The van der Waals surface area contributed by atoms with Crippen molar-refractivity contribution in [3.63, 3.8) is 0 Å². The Morgan fingerprint density at radius 1 is 1.04 bits per heavy atom. The minimum atomic E-state index is -0.865. The molecule has 0 N–H and O–H groups in total. The predicted molar refractivity (Wildman–Crippen MR) is 79.3 cm³/mol. The summed E-state index contributed by atoms with van der Waals surface area (Å²) in [6.45, 7) is 10.4. The Bertz CT molecular complexity index is 519. The SMILES string of the molecule is CC(C)(C)OC(=O)N1C[C@@H]2C[C@H](C(=O)O2)N1C(=O)OC(C)(C)C. The summed E-state index contributed by atoms with van der Waals surface area (Å²) in [6.07, 6.45) is -1.57. The Labute approximate surface area is 135 Å². The smallest absolute Gasteiger partial charge is 0.430 e. The molecule has 0 aromatic rings. The van der Waals surface area contributed by atoms with E-state index in [1.165, 1.54) is 0 Å². The highest BCUT2D eigenvalue weighted by Gasteiger charge is 2.52. The third-order valence-electron chi connectivity index (χ3n) is 3.16. The normalized spacial score (nSPS) is 24.3. The highest BCUT2D eigenvalue weighted by molar-refractivity contribution is 5.85. The Morgan fingerprint density at radius 2 is 1.57 bits per heavy atom. The topological polar surface area (TPSA) is 85.4 Å². The lowest BCUT2D eigenvalue weighted by molar-refractivity contribution is -0.144. The molecule has 2 rings (SSSR count). The van der Waals surface area contributed by atoms with Gasteiger partial charge in [-0.1, -0.05) is 0 Å². The third kappa shape index (κ3) is 4.05. The van der Waals surface area contributed by atoms with Gasteiger partial charge in [-0.15, -0.1) is 0 Å². The van der Waals surface area contributed by atoms with Crippen molar-refractivity contribution < 1.29 is 28.6 Å². The first-order valence-corrected chi connectivity index (χ1v) is 7.60. The molecule has 8 heteroatoms. The molecule has 2 aliphatic heterocycles. The van der Waals surface area contributed by atoms with Gasteiger partial charge in [0.2, 0.25) is 0 Å². The summed E-state index contributed by atoms with van der Waals surface area (Å²) < 4.78 is 15.8. The van der Waals surface area contributed by atoms with E-state index in [1.807, 2.05) is 0 Å². The monoisotopic (exact) mass is 328 g/mol. The molecule has 0 aliphatic carbocycles. The van der Waals surface area contributed by atoms with Crippen LogP contribution in [0.3, 0.4) is 0 Å². The quantitative estimate of drug-likeness (QED) is 0.500. The van der Waals surface area contributed by atoms with Crippen molar-refractivity contribution >= 4 is 18.2 Å². The summed E-state index contributed by atoms with van der Waals surface area (Å²) in [4.78, 5) is 36.8. The molecule has 2 aliphatic rings. The van der Waals surface area contributed by atoms with Crippen molar-refractivity contribution in [2.24, 2.45) is 0 Å². The molecular formula is C15H24N2O6. The average molecular weight is 328 g/mol. The zero-order valence-electron chi connectivity index (χ0n) is 14.4. The van der Waals surface area contributed by atoms with E-state index in [0.29, 0.717) is 6.42 Å². The molecule has 0 saturated carbocycles. The molecule has 0 unspecified atom stereocenters. The van der Waals surface area contributed by atoms with Crippen LogP contribution in [-0.2, 0) is 19.0 Å². The molecule has 2 heterocycles. The van der Waals surface area contributed by atoms with Gasteiger partial charge in [-0.05, 0) is 41.5 Å². The number of hydrazine groups is 1. The molecule has 0 spiro atoms. The lowest BCUT2D eigenvalue weighted by Gasteiger charge is -2.40. The maximum Gasteiger partial charge on any atom is 0.430 e. The molecule has 2 fully saturated rings. The minimum Gasteiger partial charge on any atom is -0.459 e. The number of esters is 1. The second-order valence-electron chi connectivity index (χ2n) is 7.70. The maximum atomic E-state index is 12.5. The van der Waals surface area contributed by atoms with Crippen molar-refractivity contribution in [2.75, 3.05) is 6.54 Å². The van der Waals surface area contributed by atoms with E-state index in [0.717, 1.165) is 10.0 Å². The first-order chi connectivity index (χ1) is 10.4. The molecule has 0 aromatic heterocycles. The van der Waals surface area contributed by atoms with Crippen molar-refractivity contribution in [3.8, 4) is 0 Å². The van der Waals surface area contributed by atoms with Gasteiger partial charge in [-0.3, -0.25) is 0 Å². The lowest BCUT2D eigenvalue weighted by atomic mass is 10.1. The van der Waals surface area contributed by atoms with Crippen LogP contribution >= 0.6 is 0 Å². The number of carbonyl (C=O) groups excluding carboxylic acids is 3. The number of carbonyl (C=O) groups is 3. The van der Waals surface area contributed by atoms with Crippen molar-refractivity contribution in [2.45, 2.75) is 71.3 Å². The van der Waals surface area contributed by atoms with Crippen LogP contribution < -0.4 is 0 Å². The van der Waals surface area contributed by atoms with E-state index < -0.39 is 41.5 Å². The van der Waals surface area contributed by atoms with Gasteiger partial charge in [0, 0.05) is 6.42 Å². The largest absolute Gasteiger partial charge is 0.459 e. The number of ether oxygens (including phenoxy) is 3. The highest BCUT2D eigenvalue weighted by atomic mass is 16.6. The fourth-order valence-corrected chi connectivity index (χ4v) is 2.41. The number of hydrogen-bond acceptors (Lipinski definition) is 6. The molecule has 2 atom stereocenters. The van der Waals surface area contributed by atoms with Gasteiger partial charge in [0.15, 0.2) is 6.04 Å². The maximum absolute atomic E-state index is 12.5. The predicted octanol–water partition coefficient (Wildman–Crippen LogP) is 2.07. The lowest BCUT2D eigenvalue weighted by Crippen LogP contribution is -2.61. The van der Waals surface area contributed by atoms with Crippen molar-refractivity contribution in [3.05, 3.63) is 0 Å². The van der Waals surface area contributed by atoms with Crippen LogP contribution in [0.4, 0.5) is 9.59 Å². The van der Waals surface area contributed by atoms with E-state index in [9.17, 15) is 14.4 Å². The van der Waals surface area contributed by atoms with Crippen molar-refractivity contribution in [1.29, 1.82) is 0 Å². The van der Waals surface area contributed by atoms with Gasteiger partial charge < -0.3 is 14.2 Å². The first-order valence-electron chi connectivity index (χ1n) is 7.60. The summed E-state index contributed by atoms with van der Waals surface area (Å²) in [7, 11) is 0. The number of hydrogen-bond donors (Lipinski definition) is 0. The van der Waals surface area contributed by atoms with Gasteiger partial charge in [-0.2, -0.15) is 5.01 Å². The number of fused-ring (bicyclic) bond motifs is 2. The summed E-state index contributed by atoms with van der Waals surface area (Å²) in [5.74, 6) is -0.535. The van der Waals surface area contributed by atoms with Gasteiger partial charge in [0.05, 0.1) is 6.54 Å². The van der Waals surface area contributed by atoms with Crippen LogP contribution in [0.5, 0.6) is 0 Å². The standard InChI is InChI=1S/C15H24N2O6/c1-14(2,3)22-12(19)16-8-9-7-10(11(18)21-9)17(16)13(20)23-15(4,5)6/h9-10H,7-8H2,1-6H3/t9-,10+/m0/s1. The fourth-order valence-electron chi connectivity index (χ4n) is 2.41. The first kappa shape index (κ1) is 17.4. The van der Waals surface area contributed by atoms with E-state index in [-0.39, 0.29) is 6.54 Å². The van der Waals surface area contributed by atoms with Crippen molar-refractivity contribution in [1.82, 2.24) is 10.0 Å². The summed E-state index contributed by atoms with van der Waals surface area (Å²) in [5, 5.41) is 2.12. The van der Waals surface area contributed by atoms with Crippen LogP contribution in [0.1, 0.15) is 48.0 Å². The third-order valence-corrected chi connectivity index (χ3v) is 3.16. The average Bonchev–Trinajstić information content (AvgIpc) is 2.60. The zero-order valence-corrected chi connectivity index (χ0v) is 14.4. The van der Waals surface area contributed by atoms with Gasteiger partial charge in [0.1, 0.15) is 17.3 Å². The van der Waals surface area contributed by atoms with E-state index in [4.69, 9.17) is 14.2 Å².